The number of hydrogen-bond donors (Lipinski definition) is 3. The van der Waals surface area contributed by atoms with Crippen molar-refractivity contribution in [1.29, 1.82) is 0 Å². The van der Waals surface area contributed by atoms with E-state index in [0.29, 0.717) is 34.0 Å². The molecule has 3 atom stereocenters. The summed E-state index contributed by atoms with van der Waals surface area (Å²) < 4.78 is 28.9. The van der Waals surface area contributed by atoms with E-state index in [0.717, 1.165) is 12.8 Å². The first kappa shape index (κ1) is 21.9. The normalized spacial score (nSPS) is 21.0. The molecule has 2 fully saturated rings. The highest BCUT2D eigenvalue weighted by molar-refractivity contribution is 7.22. The lowest BCUT2D eigenvalue weighted by atomic mass is 10.1. The van der Waals surface area contributed by atoms with Crippen LogP contribution in [0.2, 0.25) is 0 Å². The van der Waals surface area contributed by atoms with Gasteiger partial charge in [0.1, 0.15) is 5.82 Å². The van der Waals surface area contributed by atoms with Gasteiger partial charge in [-0.25, -0.2) is 23.5 Å². The molecule has 2 saturated heterocycles. The number of aromatic nitrogens is 2. The number of aliphatic hydroxyl groups is 2. The second kappa shape index (κ2) is 8.81. The molecule has 0 spiro atoms. The molecule has 3 aromatic rings. The standard InChI is InChI=1S/C22H23F2N5O3S/c23-13-1-4-18-19(7-13)33-21(26-18)27-22(32)29-14-2-3-15(29)10-28(9-14)20-17(24)6-12(8-25-20)5-16(31)11-30/h1,4,6-8,14-16,30-31H,2-3,5,9-11H2,(H,26,27,32). The molecule has 33 heavy (non-hydrogen) atoms. The number of urea groups is 1. The topological polar surface area (TPSA) is 102 Å². The predicted octanol–water partition coefficient (Wildman–Crippen LogP) is 2.75. The Bertz CT molecular complexity index is 1180. The number of pyridine rings is 1. The monoisotopic (exact) mass is 475 g/mol. The van der Waals surface area contributed by atoms with Gasteiger partial charge in [-0.05, 0) is 42.7 Å². The second-order valence-electron chi connectivity index (χ2n) is 8.45. The smallest absolute Gasteiger partial charge is 0.324 e. The maximum absolute atomic E-state index is 14.8. The number of carbonyl (C=O) groups is 1. The fourth-order valence-electron chi connectivity index (χ4n) is 4.67. The van der Waals surface area contributed by atoms with Gasteiger partial charge in [-0.1, -0.05) is 11.3 Å². The Kier molecular flexibility index (Phi) is 5.85. The molecule has 2 aliphatic rings. The largest absolute Gasteiger partial charge is 0.394 e. The molecule has 3 unspecified atom stereocenters. The summed E-state index contributed by atoms with van der Waals surface area (Å²) in [7, 11) is 0. The number of rotatable bonds is 5. The van der Waals surface area contributed by atoms with Crippen LogP contribution in [0, 0.1) is 11.6 Å². The van der Waals surface area contributed by atoms with Crippen LogP contribution in [-0.2, 0) is 6.42 Å². The Labute approximate surface area is 192 Å². The first-order valence-corrected chi connectivity index (χ1v) is 11.6. The summed E-state index contributed by atoms with van der Waals surface area (Å²) in [5.74, 6) is -0.615. The number of halogens is 2. The average Bonchev–Trinajstić information content (AvgIpc) is 3.30. The third-order valence-electron chi connectivity index (χ3n) is 6.14. The summed E-state index contributed by atoms with van der Waals surface area (Å²) in [6.45, 7) is 0.514. The van der Waals surface area contributed by atoms with Gasteiger partial charge in [-0.15, -0.1) is 0 Å². The summed E-state index contributed by atoms with van der Waals surface area (Å²) in [6, 6.07) is 5.20. The Morgan fingerprint density at radius 3 is 2.70 bits per heavy atom. The molecule has 0 radical (unpaired) electrons. The molecule has 8 nitrogen and oxygen atoms in total. The van der Waals surface area contributed by atoms with Gasteiger partial charge in [-0.3, -0.25) is 5.32 Å². The van der Waals surface area contributed by atoms with Crippen LogP contribution in [0.5, 0.6) is 0 Å². The van der Waals surface area contributed by atoms with Crippen molar-refractivity contribution in [2.45, 2.75) is 37.5 Å². The molecule has 1 aromatic carbocycles. The SMILES string of the molecule is O=C(Nc1nc2ccc(F)cc2s1)N1C2CCC1CN(c1ncc(CC(O)CO)cc1F)C2. The van der Waals surface area contributed by atoms with Crippen molar-refractivity contribution in [1.82, 2.24) is 14.9 Å². The number of benzene rings is 1. The van der Waals surface area contributed by atoms with E-state index < -0.39 is 18.5 Å². The first-order chi connectivity index (χ1) is 15.9. The minimum absolute atomic E-state index is 0.0901. The molecule has 0 saturated carbocycles. The maximum Gasteiger partial charge on any atom is 0.324 e. The van der Waals surface area contributed by atoms with E-state index in [1.165, 1.54) is 35.7 Å². The lowest BCUT2D eigenvalue weighted by Crippen LogP contribution is -2.57. The lowest BCUT2D eigenvalue weighted by Gasteiger charge is -2.41. The van der Waals surface area contributed by atoms with Crippen LogP contribution in [-0.4, -0.2) is 69.0 Å². The van der Waals surface area contributed by atoms with Gasteiger partial charge in [0, 0.05) is 25.7 Å². The van der Waals surface area contributed by atoms with Gasteiger partial charge in [0.15, 0.2) is 16.8 Å². The molecule has 4 heterocycles. The fourth-order valence-corrected chi connectivity index (χ4v) is 5.55. The third-order valence-corrected chi connectivity index (χ3v) is 7.07. The van der Waals surface area contributed by atoms with E-state index >= 15 is 0 Å². The number of piperazine rings is 1. The zero-order chi connectivity index (χ0) is 23.1. The number of nitrogens with zero attached hydrogens (tertiary/aromatic N) is 4. The fraction of sp³-hybridized carbons (Fsp3) is 0.409. The summed E-state index contributed by atoms with van der Waals surface area (Å²) in [5.41, 5.74) is 1.13. The molecular formula is C22H23F2N5O3S. The van der Waals surface area contributed by atoms with Crippen molar-refractivity contribution in [3.8, 4) is 0 Å². The second-order valence-corrected chi connectivity index (χ2v) is 9.48. The quantitative estimate of drug-likeness (QED) is 0.525. The van der Waals surface area contributed by atoms with E-state index in [4.69, 9.17) is 5.11 Å². The van der Waals surface area contributed by atoms with E-state index in [9.17, 15) is 18.7 Å². The Morgan fingerprint density at radius 1 is 1.24 bits per heavy atom. The molecule has 11 heteroatoms. The van der Waals surface area contributed by atoms with Crippen molar-refractivity contribution in [3.05, 3.63) is 47.7 Å². The van der Waals surface area contributed by atoms with Gasteiger partial charge >= 0.3 is 6.03 Å². The molecule has 0 aliphatic carbocycles. The van der Waals surface area contributed by atoms with Crippen LogP contribution in [0.25, 0.3) is 10.2 Å². The van der Waals surface area contributed by atoms with Crippen LogP contribution in [0.4, 0.5) is 24.5 Å². The molecule has 2 aliphatic heterocycles. The first-order valence-electron chi connectivity index (χ1n) is 10.7. The number of hydrogen-bond acceptors (Lipinski definition) is 7. The third kappa shape index (κ3) is 4.35. The highest BCUT2D eigenvalue weighted by atomic mass is 32.1. The Morgan fingerprint density at radius 2 is 2.00 bits per heavy atom. The molecule has 2 aromatic heterocycles. The number of fused-ring (bicyclic) bond motifs is 3. The van der Waals surface area contributed by atoms with Gasteiger partial charge in [0.05, 0.1) is 35.0 Å². The van der Waals surface area contributed by atoms with E-state index in [2.05, 4.69) is 15.3 Å². The summed E-state index contributed by atoms with van der Waals surface area (Å²) in [4.78, 5) is 25.3. The van der Waals surface area contributed by atoms with Crippen LogP contribution >= 0.6 is 11.3 Å². The van der Waals surface area contributed by atoms with Crippen LogP contribution in [0.3, 0.4) is 0 Å². The van der Waals surface area contributed by atoms with Gasteiger partial charge < -0.3 is 20.0 Å². The summed E-state index contributed by atoms with van der Waals surface area (Å²) in [5, 5.41) is 21.8. The van der Waals surface area contributed by atoms with Crippen molar-refractivity contribution in [2.75, 3.05) is 29.9 Å². The maximum atomic E-state index is 14.8. The predicted molar refractivity (Wildman–Crippen MR) is 120 cm³/mol. The number of aliphatic hydroxyl groups excluding tert-OH is 2. The molecule has 2 bridgehead atoms. The molecule has 3 N–H and O–H groups in total. The minimum atomic E-state index is -0.954. The highest BCUT2D eigenvalue weighted by Gasteiger charge is 2.43. The van der Waals surface area contributed by atoms with Crippen molar-refractivity contribution in [3.63, 3.8) is 0 Å². The Hall–Kier alpha value is -2.89. The zero-order valence-electron chi connectivity index (χ0n) is 17.6. The van der Waals surface area contributed by atoms with Crippen LogP contribution in [0.15, 0.2) is 30.5 Å². The number of thiazole rings is 1. The summed E-state index contributed by atoms with van der Waals surface area (Å²) in [6.07, 6.45) is 2.29. The van der Waals surface area contributed by atoms with E-state index in [1.807, 2.05) is 4.90 Å². The van der Waals surface area contributed by atoms with Gasteiger partial charge in [0.2, 0.25) is 0 Å². The number of amides is 2. The van der Waals surface area contributed by atoms with Gasteiger partial charge in [0.25, 0.3) is 0 Å². The lowest BCUT2D eigenvalue weighted by molar-refractivity contribution is 0.0954. The van der Waals surface area contributed by atoms with E-state index in [-0.39, 0.29) is 36.2 Å². The molecule has 174 valence electrons. The number of carbonyl (C=O) groups excluding carboxylic acids is 1. The average molecular weight is 476 g/mol. The molecule has 5 rings (SSSR count). The van der Waals surface area contributed by atoms with Crippen molar-refractivity contribution >= 4 is 38.5 Å². The van der Waals surface area contributed by atoms with Crippen LogP contribution < -0.4 is 10.2 Å². The van der Waals surface area contributed by atoms with Crippen LogP contribution in [0.1, 0.15) is 18.4 Å². The highest BCUT2D eigenvalue weighted by Crippen LogP contribution is 2.34. The van der Waals surface area contributed by atoms with E-state index in [1.54, 1.807) is 11.0 Å². The van der Waals surface area contributed by atoms with Crippen molar-refractivity contribution in [2.24, 2.45) is 0 Å². The van der Waals surface area contributed by atoms with Crippen molar-refractivity contribution < 1.29 is 23.8 Å². The molecular weight excluding hydrogens is 452 g/mol. The zero-order valence-corrected chi connectivity index (χ0v) is 18.4. The number of anilines is 2. The van der Waals surface area contributed by atoms with Gasteiger partial charge in [-0.2, -0.15) is 0 Å². The summed E-state index contributed by atoms with van der Waals surface area (Å²) >= 11 is 1.22. The minimum Gasteiger partial charge on any atom is -0.394 e. The molecule has 2 amide bonds. The number of nitrogens with one attached hydrogen (secondary N) is 1. The Balaban J connectivity index is 1.27.